The number of aromatic nitrogens is 4. The SMILES string of the molecule is CC(C)OC(=O)Nc1cnc2nc(-c3cc(Nc4nccc5ccoc45)ccc3F)cn2c1. The summed E-state index contributed by atoms with van der Waals surface area (Å²) in [5.74, 6) is 0.440. The van der Waals surface area contributed by atoms with Gasteiger partial charge in [0.2, 0.25) is 5.78 Å². The van der Waals surface area contributed by atoms with Gasteiger partial charge in [-0.25, -0.2) is 24.1 Å². The minimum atomic E-state index is -0.587. The summed E-state index contributed by atoms with van der Waals surface area (Å²) in [5.41, 5.74) is 2.31. The molecule has 0 aliphatic carbocycles. The van der Waals surface area contributed by atoms with E-state index in [1.165, 1.54) is 12.3 Å². The number of ether oxygens (including phenoxy) is 1. The maximum atomic E-state index is 14.7. The Kier molecular flexibility index (Phi) is 5.09. The number of pyridine rings is 1. The number of fused-ring (bicyclic) bond motifs is 2. The van der Waals surface area contributed by atoms with Crippen molar-refractivity contribution in [2.45, 2.75) is 20.0 Å². The van der Waals surface area contributed by atoms with Crippen LogP contribution < -0.4 is 10.6 Å². The van der Waals surface area contributed by atoms with Crippen molar-refractivity contribution in [2.75, 3.05) is 10.6 Å². The Morgan fingerprint density at radius 2 is 2.03 bits per heavy atom. The van der Waals surface area contributed by atoms with Gasteiger partial charge in [-0.3, -0.25) is 9.72 Å². The van der Waals surface area contributed by atoms with E-state index in [4.69, 9.17) is 9.15 Å². The number of carbonyl (C=O) groups excluding carboxylic acids is 1. The van der Waals surface area contributed by atoms with Crippen molar-refractivity contribution < 1.29 is 18.3 Å². The summed E-state index contributed by atoms with van der Waals surface area (Å²) in [7, 11) is 0. The van der Waals surface area contributed by atoms with Crippen molar-refractivity contribution in [1.29, 1.82) is 0 Å². The fourth-order valence-corrected chi connectivity index (χ4v) is 3.36. The van der Waals surface area contributed by atoms with Crippen molar-refractivity contribution >= 4 is 40.0 Å². The summed E-state index contributed by atoms with van der Waals surface area (Å²) in [6.07, 6.45) is 7.13. The number of hydrogen-bond acceptors (Lipinski definition) is 7. The van der Waals surface area contributed by atoms with Crippen LogP contribution in [0.2, 0.25) is 0 Å². The van der Waals surface area contributed by atoms with Crippen LogP contribution in [-0.4, -0.2) is 31.5 Å². The molecule has 0 unspecified atom stereocenters. The molecule has 10 heteroatoms. The van der Waals surface area contributed by atoms with Gasteiger partial charge in [-0.15, -0.1) is 0 Å². The molecule has 0 saturated carbocycles. The monoisotopic (exact) mass is 446 g/mol. The summed E-state index contributed by atoms with van der Waals surface area (Å²) in [6, 6.07) is 8.29. The van der Waals surface area contributed by atoms with Gasteiger partial charge in [-0.2, -0.15) is 0 Å². The van der Waals surface area contributed by atoms with E-state index in [1.54, 1.807) is 55.2 Å². The highest BCUT2D eigenvalue weighted by Gasteiger charge is 2.14. The fraction of sp³-hybridized carbons (Fsp3) is 0.130. The van der Waals surface area contributed by atoms with Crippen LogP contribution in [0.25, 0.3) is 28.0 Å². The lowest BCUT2D eigenvalue weighted by molar-refractivity contribution is 0.130. The first kappa shape index (κ1) is 20.4. The second-order valence-electron chi connectivity index (χ2n) is 7.57. The van der Waals surface area contributed by atoms with E-state index in [2.05, 4.69) is 25.6 Å². The van der Waals surface area contributed by atoms with Crippen LogP contribution in [0.4, 0.5) is 26.4 Å². The number of nitrogens with one attached hydrogen (secondary N) is 2. The third-order valence-electron chi connectivity index (χ3n) is 4.77. The molecule has 0 spiro atoms. The van der Waals surface area contributed by atoms with Gasteiger partial charge in [0.1, 0.15) is 5.82 Å². The number of carbonyl (C=O) groups is 1. The third-order valence-corrected chi connectivity index (χ3v) is 4.77. The summed E-state index contributed by atoms with van der Waals surface area (Å²) in [6.45, 7) is 3.51. The van der Waals surface area contributed by atoms with E-state index in [9.17, 15) is 9.18 Å². The van der Waals surface area contributed by atoms with E-state index in [0.29, 0.717) is 34.2 Å². The average molecular weight is 446 g/mol. The Hall–Kier alpha value is -4.47. The zero-order chi connectivity index (χ0) is 22.9. The lowest BCUT2D eigenvalue weighted by atomic mass is 10.1. The van der Waals surface area contributed by atoms with Crippen molar-refractivity contribution in [3.63, 3.8) is 0 Å². The number of nitrogens with zero attached hydrogens (tertiary/aromatic N) is 4. The molecule has 33 heavy (non-hydrogen) atoms. The number of amides is 1. The summed E-state index contributed by atoms with van der Waals surface area (Å²) in [4.78, 5) is 24.8. The zero-order valence-electron chi connectivity index (χ0n) is 17.7. The largest absolute Gasteiger partial charge is 0.460 e. The maximum absolute atomic E-state index is 14.7. The quantitative estimate of drug-likeness (QED) is 0.373. The van der Waals surface area contributed by atoms with E-state index >= 15 is 0 Å². The topological polar surface area (TPSA) is 107 Å². The Morgan fingerprint density at radius 3 is 2.88 bits per heavy atom. The van der Waals surface area contributed by atoms with Crippen LogP contribution in [0, 0.1) is 5.82 Å². The molecule has 5 rings (SSSR count). The molecular formula is C23H19FN6O3. The summed E-state index contributed by atoms with van der Waals surface area (Å²) < 4.78 is 26.9. The van der Waals surface area contributed by atoms with E-state index in [-0.39, 0.29) is 11.7 Å². The molecule has 9 nitrogen and oxygen atoms in total. The number of benzene rings is 1. The molecule has 0 fully saturated rings. The molecule has 166 valence electrons. The van der Waals surface area contributed by atoms with Gasteiger partial charge in [0.05, 0.1) is 29.9 Å². The molecule has 0 radical (unpaired) electrons. The number of anilines is 3. The molecule has 1 amide bonds. The molecule has 0 atom stereocenters. The van der Waals surface area contributed by atoms with Gasteiger partial charge in [-0.05, 0) is 44.2 Å². The minimum Gasteiger partial charge on any atom is -0.460 e. The van der Waals surface area contributed by atoms with Gasteiger partial charge in [0, 0.05) is 35.2 Å². The van der Waals surface area contributed by atoms with Gasteiger partial charge in [0.15, 0.2) is 11.4 Å². The fourth-order valence-electron chi connectivity index (χ4n) is 3.36. The Morgan fingerprint density at radius 1 is 1.15 bits per heavy atom. The van der Waals surface area contributed by atoms with Gasteiger partial charge >= 0.3 is 6.09 Å². The Labute approximate surface area is 187 Å². The van der Waals surface area contributed by atoms with Gasteiger partial charge in [-0.1, -0.05) is 0 Å². The molecule has 5 aromatic rings. The minimum absolute atomic E-state index is 0.250. The molecule has 0 saturated heterocycles. The predicted octanol–water partition coefficient (Wildman–Crippen LogP) is 5.38. The first-order chi connectivity index (χ1) is 16.0. The molecule has 1 aromatic carbocycles. The number of furan rings is 1. The van der Waals surface area contributed by atoms with Gasteiger partial charge in [0.25, 0.3) is 0 Å². The lowest BCUT2D eigenvalue weighted by Crippen LogP contribution is -2.18. The van der Waals surface area contributed by atoms with Crippen LogP contribution in [0.1, 0.15) is 13.8 Å². The first-order valence-electron chi connectivity index (χ1n) is 10.2. The van der Waals surface area contributed by atoms with Crippen molar-refractivity contribution in [3.05, 3.63) is 67.2 Å². The Balaban J connectivity index is 1.44. The highest BCUT2D eigenvalue weighted by atomic mass is 19.1. The van der Waals surface area contributed by atoms with Crippen molar-refractivity contribution in [2.24, 2.45) is 0 Å². The second kappa shape index (κ2) is 8.23. The summed E-state index contributed by atoms with van der Waals surface area (Å²) >= 11 is 0. The zero-order valence-corrected chi connectivity index (χ0v) is 17.7. The molecule has 0 aliphatic heterocycles. The smallest absolute Gasteiger partial charge is 0.411 e. The number of halogens is 1. The standard InChI is InChI=1S/C23H19FN6O3/c1-13(2)33-23(31)28-16-10-26-22-29-19(12-30(22)11-16)17-9-15(3-4-18(17)24)27-21-20-14(5-7-25-21)6-8-32-20/h3-13H,1-2H3,(H,25,27)(H,28,31). The van der Waals surface area contributed by atoms with Crippen LogP contribution in [0.15, 0.2) is 65.8 Å². The Bertz CT molecular complexity index is 1480. The molecule has 2 N–H and O–H groups in total. The van der Waals surface area contributed by atoms with Crippen molar-refractivity contribution in [3.8, 4) is 11.3 Å². The average Bonchev–Trinajstić information content (AvgIpc) is 3.41. The number of imidazole rings is 1. The lowest BCUT2D eigenvalue weighted by Gasteiger charge is -2.09. The number of rotatable bonds is 5. The molecular weight excluding hydrogens is 427 g/mol. The highest BCUT2D eigenvalue weighted by molar-refractivity contribution is 5.88. The maximum Gasteiger partial charge on any atom is 0.411 e. The van der Waals surface area contributed by atoms with Crippen LogP contribution in [0.3, 0.4) is 0 Å². The summed E-state index contributed by atoms with van der Waals surface area (Å²) in [5, 5.41) is 6.68. The predicted molar refractivity (Wildman–Crippen MR) is 121 cm³/mol. The first-order valence-corrected chi connectivity index (χ1v) is 10.2. The van der Waals surface area contributed by atoms with Crippen LogP contribution in [0.5, 0.6) is 0 Å². The molecule has 0 aliphatic rings. The normalized spacial score (nSPS) is 11.3. The molecule has 0 bridgehead atoms. The molecule has 4 heterocycles. The van der Waals surface area contributed by atoms with Gasteiger partial charge < -0.3 is 14.5 Å². The highest BCUT2D eigenvalue weighted by Crippen LogP contribution is 2.29. The van der Waals surface area contributed by atoms with Crippen molar-refractivity contribution in [1.82, 2.24) is 19.4 Å². The van der Waals surface area contributed by atoms with E-state index in [1.807, 2.05) is 12.1 Å². The molecule has 4 aromatic heterocycles. The van der Waals surface area contributed by atoms with E-state index < -0.39 is 11.9 Å². The third kappa shape index (κ3) is 4.18. The van der Waals surface area contributed by atoms with E-state index in [0.717, 1.165) is 5.39 Å². The second-order valence-corrected chi connectivity index (χ2v) is 7.57. The van der Waals surface area contributed by atoms with Crippen LogP contribution >= 0.6 is 0 Å². The van der Waals surface area contributed by atoms with Crippen LogP contribution in [-0.2, 0) is 4.74 Å². The number of hydrogen-bond donors (Lipinski definition) is 2.